The van der Waals surface area contributed by atoms with E-state index < -0.39 is 5.82 Å². The van der Waals surface area contributed by atoms with Crippen LogP contribution in [0.1, 0.15) is 10.4 Å². The van der Waals surface area contributed by atoms with Gasteiger partial charge in [-0.1, -0.05) is 0 Å². The van der Waals surface area contributed by atoms with Crippen molar-refractivity contribution in [1.29, 1.82) is 0 Å². The molecule has 66 valence electrons. The topological polar surface area (TPSA) is 17.1 Å². The zero-order chi connectivity index (χ0) is 9.42. The summed E-state index contributed by atoms with van der Waals surface area (Å²) in [5.41, 5.74) is 0.0401. The second-order valence-corrected chi connectivity index (χ2v) is 3.98. The van der Waals surface area contributed by atoms with Crippen molar-refractivity contribution in [2.75, 3.05) is 0 Å². The lowest BCUT2D eigenvalue weighted by Crippen LogP contribution is -1.89. The molecule has 0 atom stereocenters. The molecule has 0 unspecified atom stereocenters. The Balaban J connectivity index is 2.92. The first kappa shape index (κ1) is 8.72. The van der Waals surface area contributed by atoms with Crippen LogP contribution in [0.5, 0.6) is 0 Å². The summed E-state index contributed by atoms with van der Waals surface area (Å²) in [6, 6.07) is 3.50. The van der Waals surface area contributed by atoms with Crippen molar-refractivity contribution in [2.24, 2.45) is 0 Å². The van der Waals surface area contributed by atoms with Gasteiger partial charge in [0, 0.05) is 4.90 Å². The molecule has 1 heterocycles. The molecule has 1 aromatic heterocycles. The van der Waals surface area contributed by atoms with Crippen molar-refractivity contribution in [2.45, 2.75) is 4.90 Å². The van der Waals surface area contributed by atoms with E-state index in [0.29, 0.717) is 15.9 Å². The predicted molar refractivity (Wildman–Crippen MR) is 54.4 cm³/mol. The minimum absolute atomic E-state index is 0.0401. The molecule has 0 saturated heterocycles. The SMILES string of the molecule is O=Cc1c(S)cc2ccsc2c1F. The number of carbonyl (C=O) groups is 1. The minimum Gasteiger partial charge on any atom is -0.298 e. The molecule has 0 amide bonds. The maximum atomic E-state index is 13.5. The van der Waals surface area contributed by atoms with Crippen LogP contribution in [0.25, 0.3) is 10.1 Å². The van der Waals surface area contributed by atoms with Gasteiger partial charge in [0.1, 0.15) is 0 Å². The number of thiol groups is 1. The quantitative estimate of drug-likeness (QED) is 0.567. The molecule has 1 nitrogen and oxygen atoms in total. The first-order valence-corrected chi connectivity index (χ1v) is 4.90. The normalized spacial score (nSPS) is 10.6. The Labute approximate surface area is 83.6 Å². The Morgan fingerprint density at radius 2 is 2.31 bits per heavy atom. The lowest BCUT2D eigenvalue weighted by atomic mass is 10.2. The van der Waals surface area contributed by atoms with E-state index in [-0.39, 0.29) is 5.56 Å². The van der Waals surface area contributed by atoms with E-state index in [1.165, 1.54) is 11.3 Å². The van der Waals surface area contributed by atoms with Gasteiger partial charge in [-0.15, -0.1) is 24.0 Å². The van der Waals surface area contributed by atoms with E-state index in [4.69, 9.17) is 0 Å². The third kappa shape index (κ3) is 1.26. The summed E-state index contributed by atoms with van der Waals surface area (Å²) in [5, 5.41) is 2.58. The average molecular weight is 212 g/mol. The number of aldehydes is 1. The standard InChI is InChI=1S/C9H5FOS2/c10-8-6(4-11)7(12)3-5-1-2-13-9(5)8/h1-4,12H. The molecule has 0 aliphatic carbocycles. The van der Waals surface area contributed by atoms with Gasteiger partial charge in [-0.05, 0) is 22.9 Å². The van der Waals surface area contributed by atoms with E-state index in [0.717, 1.165) is 5.39 Å². The number of benzene rings is 1. The maximum Gasteiger partial charge on any atom is 0.154 e. The Hall–Kier alpha value is -0.870. The van der Waals surface area contributed by atoms with Crippen LogP contribution in [0.2, 0.25) is 0 Å². The highest BCUT2D eigenvalue weighted by atomic mass is 32.1. The first-order valence-electron chi connectivity index (χ1n) is 3.58. The van der Waals surface area contributed by atoms with Crippen LogP contribution in [0.3, 0.4) is 0 Å². The maximum absolute atomic E-state index is 13.5. The third-order valence-corrected chi connectivity index (χ3v) is 3.11. The highest BCUT2D eigenvalue weighted by Crippen LogP contribution is 2.29. The van der Waals surface area contributed by atoms with Gasteiger partial charge in [-0.2, -0.15) is 0 Å². The fraction of sp³-hybridized carbons (Fsp3) is 0. The molecular weight excluding hydrogens is 207 g/mol. The van der Waals surface area contributed by atoms with Crippen molar-refractivity contribution in [3.8, 4) is 0 Å². The summed E-state index contributed by atoms with van der Waals surface area (Å²) in [7, 11) is 0. The summed E-state index contributed by atoms with van der Waals surface area (Å²) in [4.78, 5) is 10.9. The van der Waals surface area contributed by atoms with Gasteiger partial charge in [0.25, 0.3) is 0 Å². The second-order valence-electron chi connectivity index (χ2n) is 2.58. The van der Waals surface area contributed by atoms with Crippen LogP contribution in [0, 0.1) is 5.82 Å². The molecule has 2 rings (SSSR count). The Morgan fingerprint density at radius 1 is 1.54 bits per heavy atom. The molecule has 0 fully saturated rings. The van der Waals surface area contributed by atoms with Crippen LogP contribution < -0.4 is 0 Å². The second kappa shape index (κ2) is 3.12. The van der Waals surface area contributed by atoms with Gasteiger partial charge < -0.3 is 0 Å². The summed E-state index contributed by atoms with van der Waals surface area (Å²) in [6.07, 6.45) is 0.497. The Bertz CT molecular complexity index is 476. The Kier molecular flexibility index (Phi) is 2.09. The molecule has 0 aliphatic heterocycles. The van der Waals surface area contributed by atoms with Gasteiger partial charge in [0.15, 0.2) is 12.1 Å². The highest BCUT2D eigenvalue weighted by molar-refractivity contribution is 7.80. The smallest absolute Gasteiger partial charge is 0.154 e. The van der Waals surface area contributed by atoms with Crippen molar-refractivity contribution in [1.82, 2.24) is 0 Å². The summed E-state index contributed by atoms with van der Waals surface area (Å²) in [5.74, 6) is -0.465. The molecule has 4 heteroatoms. The highest BCUT2D eigenvalue weighted by Gasteiger charge is 2.11. The minimum atomic E-state index is -0.465. The molecule has 0 saturated carbocycles. The summed E-state index contributed by atoms with van der Waals surface area (Å²) >= 11 is 5.32. The van der Waals surface area contributed by atoms with Crippen LogP contribution in [0.4, 0.5) is 4.39 Å². The number of thiophene rings is 1. The van der Waals surface area contributed by atoms with E-state index >= 15 is 0 Å². The molecule has 1 aromatic carbocycles. The van der Waals surface area contributed by atoms with E-state index in [2.05, 4.69) is 12.6 Å². The van der Waals surface area contributed by atoms with Crippen LogP contribution in [-0.4, -0.2) is 6.29 Å². The number of rotatable bonds is 1. The van der Waals surface area contributed by atoms with Crippen molar-refractivity contribution < 1.29 is 9.18 Å². The molecule has 0 aliphatic rings. The van der Waals surface area contributed by atoms with Crippen molar-refractivity contribution in [3.63, 3.8) is 0 Å². The summed E-state index contributed by atoms with van der Waals surface area (Å²) < 4.78 is 14.0. The van der Waals surface area contributed by atoms with Crippen molar-refractivity contribution >= 4 is 40.3 Å². The van der Waals surface area contributed by atoms with E-state index in [1.807, 2.05) is 0 Å². The fourth-order valence-corrected chi connectivity index (χ4v) is 2.30. The predicted octanol–water partition coefficient (Wildman–Crippen LogP) is 3.14. The zero-order valence-electron chi connectivity index (χ0n) is 6.45. The zero-order valence-corrected chi connectivity index (χ0v) is 8.16. The van der Waals surface area contributed by atoms with Crippen LogP contribution >= 0.6 is 24.0 Å². The number of halogens is 1. The fourth-order valence-electron chi connectivity index (χ4n) is 1.18. The molecule has 0 spiro atoms. The molecule has 0 N–H and O–H groups in total. The Morgan fingerprint density at radius 3 is 3.00 bits per heavy atom. The van der Waals surface area contributed by atoms with Gasteiger partial charge in [0.05, 0.1) is 10.3 Å². The van der Waals surface area contributed by atoms with Crippen LogP contribution in [0.15, 0.2) is 22.4 Å². The molecule has 2 aromatic rings. The number of fused-ring (bicyclic) bond motifs is 1. The van der Waals surface area contributed by atoms with E-state index in [1.54, 1.807) is 17.5 Å². The summed E-state index contributed by atoms with van der Waals surface area (Å²) in [6.45, 7) is 0. The first-order chi connectivity index (χ1) is 6.24. The molecule has 13 heavy (non-hydrogen) atoms. The monoisotopic (exact) mass is 212 g/mol. The van der Waals surface area contributed by atoms with Gasteiger partial charge >= 0.3 is 0 Å². The average Bonchev–Trinajstić information content (AvgIpc) is 2.53. The lowest BCUT2D eigenvalue weighted by Gasteiger charge is -1.99. The molecule has 0 radical (unpaired) electrons. The largest absolute Gasteiger partial charge is 0.298 e. The lowest BCUT2D eigenvalue weighted by molar-refractivity contribution is 0.111. The number of hydrogen-bond acceptors (Lipinski definition) is 3. The third-order valence-electron chi connectivity index (χ3n) is 1.82. The van der Waals surface area contributed by atoms with Crippen LogP contribution in [-0.2, 0) is 0 Å². The molecule has 0 bridgehead atoms. The van der Waals surface area contributed by atoms with Gasteiger partial charge in [-0.3, -0.25) is 4.79 Å². The van der Waals surface area contributed by atoms with Crippen molar-refractivity contribution in [3.05, 3.63) is 28.9 Å². The van der Waals surface area contributed by atoms with Gasteiger partial charge in [0.2, 0.25) is 0 Å². The van der Waals surface area contributed by atoms with Gasteiger partial charge in [-0.25, -0.2) is 4.39 Å². The number of hydrogen-bond donors (Lipinski definition) is 1. The number of carbonyl (C=O) groups excluding carboxylic acids is 1. The molecular formula is C9H5FOS2. The van der Waals surface area contributed by atoms with E-state index in [9.17, 15) is 9.18 Å².